The molecule has 0 saturated carbocycles. The maximum atomic E-state index is 11.4. The molecule has 0 aliphatic rings. The van der Waals surface area contributed by atoms with E-state index in [1.165, 1.54) is 11.1 Å². The molecule has 2 rings (SSSR count). The Morgan fingerprint density at radius 2 is 1.81 bits per heavy atom. The Hall–Kier alpha value is -2.33. The topological polar surface area (TPSA) is 64.3 Å². The molecule has 4 heteroatoms. The number of hydrogen-bond donors (Lipinski definition) is 2. The molecule has 0 saturated heterocycles. The Bertz CT molecular complexity index is 638. The van der Waals surface area contributed by atoms with Crippen molar-refractivity contribution >= 4 is 5.91 Å². The Morgan fingerprint density at radius 3 is 2.48 bits per heavy atom. The lowest BCUT2D eigenvalue weighted by Crippen LogP contribution is -2.31. The number of nitrogens with two attached hydrogens (primary N) is 1. The molecule has 4 nitrogen and oxygen atoms in total. The molecule has 0 radical (unpaired) electrons. The third-order valence-electron chi connectivity index (χ3n) is 3.50. The van der Waals surface area contributed by atoms with Crippen molar-refractivity contribution in [1.82, 2.24) is 5.43 Å². The summed E-state index contributed by atoms with van der Waals surface area (Å²) in [5.74, 6) is 5.75. The Balaban J connectivity index is 2.09. The molecule has 21 heavy (non-hydrogen) atoms. The summed E-state index contributed by atoms with van der Waals surface area (Å²) in [6.45, 7) is 4.55. The van der Waals surface area contributed by atoms with Gasteiger partial charge in [0.05, 0.1) is 6.42 Å². The van der Waals surface area contributed by atoms with E-state index < -0.39 is 0 Å². The first-order chi connectivity index (χ1) is 10.1. The quantitative estimate of drug-likeness (QED) is 0.503. The average Bonchev–Trinajstić information content (AvgIpc) is 2.49. The second kappa shape index (κ2) is 6.90. The minimum atomic E-state index is -0.214. The molecule has 0 aromatic heterocycles. The van der Waals surface area contributed by atoms with E-state index in [9.17, 15) is 4.79 Å². The summed E-state index contributed by atoms with van der Waals surface area (Å²) in [7, 11) is 0. The van der Waals surface area contributed by atoms with Crippen LogP contribution < -0.4 is 16.0 Å². The zero-order chi connectivity index (χ0) is 15.2. The van der Waals surface area contributed by atoms with E-state index in [0.29, 0.717) is 6.61 Å². The fourth-order valence-electron chi connectivity index (χ4n) is 2.06. The number of rotatable bonds is 5. The van der Waals surface area contributed by atoms with Crippen molar-refractivity contribution in [3.05, 3.63) is 64.7 Å². The Morgan fingerprint density at radius 1 is 1.10 bits per heavy atom. The van der Waals surface area contributed by atoms with Gasteiger partial charge in [0.15, 0.2) is 0 Å². The molecule has 0 bridgehead atoms. The second-order valence-electron chi connectivity index (χ2n) is 5.05. The highest BCUT2D eigenvalue weighted by Crippen LogP contribution is 2.19. The third kappa shape index (κ3) is 4.07. The molecular formula is C17H20N2O2. The second-order valence-corrected chi connectivity index (χ2v) is 5.05. The SMILES string of the molecule is Cc1ccc(OCc2ccccc2CC(=O)NN)cc1C. The van der Waals surface area contributed by atoms with E-state index in [-0.39, 0.29) is 12.3 Å². The van der Waals surface area contributed by atoms with Gasteiger partial charge < -0.3 is 4.74 Å². The van der Waals surface area contributed by atoms with Gasteiger partial charge in [-0.25, -0.2) is 5.84 Å². The highest BCUT2D eigenvalue weighted by Gasteiger charge is 2.07. The van der Waals surface area contributed by atoms with Crippen LogP contribution >= 0.6 is 0 Å². The summed E-state index contributed by atoms with van der Waals surface area (Å²) in [5.41, 5.74) is 6.49. The first kappa shape index (κ1) is 15.1. The van der Waals surface area contributed by atoms with Gasteiger partial charge in [0.25, 0.3) is 0 Å². The van der Waals surface area contributed by atoms with Gasteiger partial charge in [-0.15, -0.1) is 0 Å². The summed E-state index contributed by atoms with van der Waals surface area (Å²) in [6, 6.07) is 13.7. The van der Waals surface area contributed by atoms with E-state index in [2.05, 4.69) is 19.3 Å². The van der Waals surface area contributed by atoms with E-state index >= 15 is 0 Å². The number of hydrogen-bond acceptors (Lipinski definition) is 3. The molecule has 110 valence electrons. The van der Waals surface area contributed by atoms with E-state index in [1.54, 1.807) is 0 Å². The van der Waals surface area contributed by atoms with Gasteiger partial charge in [0.1, 0.15) is 12.4 Å². The van der Waals surface area contributed by atoms with Crippen LogP contribution in [0.25, 0.3) is 0 Å². The van der Waals surface area contributed by atoms with Crippen LogP contribution in [0.4, 0.5) is 0 Å². The summed E-state index contributed by atoms with van der Waals surface area (Å²) >= 11 is 0. The minimum Gasteiger partial charge on any atom is -0.489 e. The fraction of sp³-hybridized carbons (Fsp3) is 0.235. The molecule has 0 heterocycles. The van der Waals surface area contributed by atoms with E-state index in [0.717, 1.165) is 16.9 Å². The van der Waals surface area contributed by atoms with Crippen molar-refractivity contribution in [2.45, 2.75) is 26.9 Å². The van der Waals surface area contributed by atoms with Gasteiger partial charge in [-0.05, 0) is 48.2 Å². The zero-order valence-electron chi connectivity index (χ0n) is 12.3. The lowest BCUT2D eigenvalue weighted by molar-refractivity contribution is -0.120. The van der Waals surface area contributed by atoms with Crippen LogP contribution in [0.1, 0.15) is 22.3 Å². The molecule has 1 amide bonds. The molecule has 0 spiro atoms. The smallest absolute Gasteiger partial charge is 0.238 e. The lowest BCUT2D eigenvalue weighted by Gasteiger charge is -2.11. The first-order valence-electron chi connectivity index (χ1n) is 6.86. The summed E-state index contributed by atoms with van der Waals surface area (Å²) in [4.78, 5) is 11.4. The molecule has 0 aliphatic carbocycles. The number of amides is 1. The van der Waals surface area contributed by atoms with Crippen LogP contribution in [-0.4, -0.2) is 5.91 Å². The van der Waals surface area contributed by atoms with Crippen LogP contribution in [0.2, 0.25) is 0 Å². The van der Waals surface area contributed by atoms with Gasteiger partial charge in [-0.2, -0.15) is 0 Å². The van der Waals surface area contributed by atoms with E-state index in [1.807, 2.05) is 42.5 Å². The predicted molar refractivity (Wildman–Crippen MR) is 82.7 cm³/mol. The maximum absolute atomic E-state index is 11.4. The van der Waals surface area contributed by atoms with Crippen molar-refractivity contribution in [3.8, 4) is 5.75 Å². The summed E-state index contributed by atoms with van der Waals surface area (Å²) in [5, 5.41) is 0. The van der Waals surface area contributed by atoms with Gasteiger partial charge in [-0.1, -0.05) is 30.3 Å². The van der Waals surface area contributed by atoms with Crippen LogP contribution in [0, 0.1) is 13.8 Å². The number of ether oxygens (including phenoxy) is 1. The maximum Gasteiger partial charge on any atom is 0.238 e. The average molecular weight is 284 g/mol. The summed E-state index contributed by atoms with van der Waals surface area (Å²) in [6.07, 6.45) is 0.253. The number of hydrazine groups is 1. The Kier molecular flexibility index (Phi) is 4.95. The van der Waals surface area contributed by atoms with Crippen molar-refractivity contribution in [2.75, 3.05) is 0 Å². The first-order valence-corrected chi connectivity index (χ1v) is 6.86. The van der Waals surface area contributed by atoms with Crippen LogP contribution in [0.15, 0.2) is 42.5 Å². The highest BCUT2D eigenvalue weighted by molar-refractivity contribution is 5.78. The molecule has 0 aliphatic heterocycles. The Labute approximate surface area is 124 Å². The van der Waals surface area contributed by atoms with Gasteiger partial charge in [0, 0.05) is 0 Å². The van der Waals surface area contributed by atoms with Gasteiger partial charge in [0.2, 0.25) is 5.91 Å². The van der Waals surface area contributed by atoms with Crippen molar-refractivity contribution in [1.29, 1.82) is 0 Å². The standard InChI is InChI=1S/C17H20N2O2/c1-12-7-8-16(9-13(12)2)21-11-15-6-4-3-5-14(15)10-17(20)19-18/h3-9H,10-11,18H2,1-2H3,(H,19,20). The largest absolute Gasteiger partial charge is 0.489 e. The van der Waals surface area contributed by atoms with Crippen LogP contribution in [0.3, 0.4) is 0 Å². The zero-order valence-corrected chi connectivity index (χ0v) is 12.3. The molecule has 0 atom stereocenters. The number of carbonyl (C=O) groups is 1. The number of benzene rings is 2. The van der Waals surface area contributed by atoms with Crippen molar-refractivity contribution in [2.24, 2.45) is 5.84 Å². The highest BCUT2D eigenvalue weighted by atomic mass is 16.5. The van der Waals surface area contributed by atoms with E-state index in [4.69, 9.17) is 10.6 Å². The van der Waals surface area contributed by atoms with Gasteiger partial charge >= 0.3 is 0 Å². The molecule has 3 N–H and O–H groups in total. The van der Waals surface area contributed by atoms with Gasteiger partial charge in [-0.3, -0.25) is 10.2 Å². The van der Waals surface area contributed by atoms with Crippen LogP contribution in [0.5, 0.6) is 5.75 Å². The number of nitrogens with one attached hydrogen (secondary N) is 1. The van der Waals surface area contributed by atoms with Crippen molar-refractivity contribution < 1.29 is 9.53 Å². The molecule has 0 fully saturated rings. The fourth-order valence-corrected chi connectivity index (χ4v) is 2.06. The normalized spacial score (nSPS) is 10.2. The van der Waals surface area contributed by atoms with Crippen molar-refractivity contribution in [3.63, 3.8) is 0 Å². The van der Waals surface area contributed by atoms with Crippen LogP contribution in [-0.2, 0) is 17.8 Å². The third-order valence-corrected chi connectivity index (χ3v) is 3.50. The monoisotopic (exact) mass is 284 g/mol. The lowest BCUT2D eigenvalue weighted by atomic mass is 10.0. The molecule has 2 aromatic rings. The molecule has 2 aromatic carbocycles. The number of aryl methyl sites for hydroxylation is 2. The number of carbonyl (C=O) groups excluding carboxylic acids is 1. The molecular weight excluding hydrogens is 264 g/mol. The summed E-state index contributed by atoms with van der Waals surface area (Å²) < 4.78 is 5.82. The predicted octanol–water partition coefficient (Wildman–Crippen LogP) is 2.41. The minimum absolute atomic E-state index is 0.214. The molecule has 0 unspecified atom stereocenters.